The average Bonchev–Trinajstić information content (AvgIpc) is 2.51. The van der Waals surface area contributed by atoms with Crippen LogP contribution in [0.3, 0.4) is 0 Å². The molecule has 0 bridgehead atoms. The van der Waals surface area contributed by atoms with E-state index >= 15 is 0 Å². The van der Waals surface area contributed by atoms with E-state index in [1.54, 1.807) is 18.2 Å². The van der Waals surface area contributed by atoms with Gasteiger partial charge in [-0.1, -0.05) is 23.4 Å². The summed E-state index contributed by atoms with van der Waals surface area (Å²) in [7, 11) is 0. The van der Waals surface area contributed by atoms with Crippen LogP contribution < -0.4 is 5.63 Å². The molecule has 1 fully saturated rings. The molecule has 0 amide bonds. The first kappa shape index (κ1) is 15.1. The molecule has 3 aromatic rings. The van der Waals surface area contributed by atoms with E-state index in [1.807, 2.05) is 0 Å². The second-order valence-electron chi connectivity index (χ2n) is 6.09. The molecule has 4 nitrogen and oxygen atoms in total. The van der Waals surface area contributed by atoms with Gasteiger partial charge in [-0.15, -0.1) is 0 Å². The number of aromatic hydroxyl groups is 1. The molecule has 1 saturated carbocycles. The molecule has 1 aliphatic carbocycles. The fourth-order valence-electron chi connectivity index (χ4n) is 2.90. The van der Waals surface area contributed by atoms with Crippen molar-refractivity contribution in [1.29, 1.82) is 0 Å². The number of benzene rings is 2. The predicted octanol–water partition coefficient (Wildman–Crippen LogP) is 3.57. The van der Waals surface area contributed by atoms with Gasteiger partial charge in [-0.3, -0.25) is 0 Å². The minimum absolute atomic E-state index is 0.0114. The van der Waals surface area contributed by atoms with Crippen molar-refractivity contribution in [2.45, 2.75) is 24.9 Å². The molecule has 24 heavy (non-hydrogen) atoms. The monoisotopic (exact) mass is 340 g/mol. The standard InChI is InChI=1S/C19H13ClO4/c20-15-9-11(4-7-19(23)5-1-6-19)8-14-17(15)13-3-2-12(21)10-16(13)24-18(14)22/h2-3,8-10,21,23H,1,5-6H2. The van der Waals surface area contributed by atoms with Gasteiger partial charge in [0, 0.05) is 22.4 Å². The highest BCUT2D eigenvalue weighted by atomic mass is 35.5. The van der Waals surface area contributed by atoms with Crippen molar-refractivity contribution in [1.82, 2.24) is 0 Å². The molecule has 2 aromatic carbocycles. The number of phenols is 1. The second-order valence-corrected chi connectivity index (χ2v) is 6.49. The molecule has 0 saturated heterocycles. The molecule has 1 heterocycles. The average molecular weight is 341 g/mol. The van der Waals surface area contributed by atoms with Crippen LogP contribution in [0.25, 0.3) is 21.7 Å². The molecule has 0 radical (unpaired) electrons. The Hall–Kier alpha value is -2.48. The highest BCUT2D eigenvalue weighted by molar-refractivity contribution is 6.37. The third kappa shape index (κ3) is 2.43. The lowest BCUT2D eigenvalue weighted by Crippen LogP contribution is -2.34. The van der Waals surface area contributed by atoms with Gasteiger partial charge >= 0.3 is 5.63 Å². The molecular formula is C19H13ClO4. The molecule has 0 aliphatic heterocycles. The third-order valence-electron chi connectivity index (χ3n) is 4.37. The Morgan fingerprint density at radius 1 is 1.17 bits per heavy atom. The summed E-state index contributed by atoms with van der Waals surface area (Å²) in [5.74, 6) is 5.76. The lowest BCUT2D eigenvalue weighted by atomic mass is 9.81. The summed E-state index contributed by atoms with van der Waals surface area (Å²) >= 11 is 6.38. The van der Waals surface area contributed by atoms with Crippen LogP contribution in [0.5, 0.6) is 5.75 Å². The van der Waals surface area contributed by atoms with Gasteiger partial charge in [-0.2, -0.15) is 0 Å². The maximum Gasteiger partial charge on any atom is 0.344 e. The zero-order chi connectivity index (χ0) is 16.9. The fourth-order valence-corrected chi connectivity index (χ4v) is 3.22. The van der Waals surface area contributed by atoms with Crippen molar-refractivity contribution in [2.75, 3.05) is 0 Å². The van der Waals surface area contributed by atoms with Gasteiger partial charge in [0.05, 0.1) is 10.4 Å². The quantitative estimate of drug-likeness (QED) is 0.373. The Morgan fingerprint density at radius 3 is 2.67 bits per heavy atom. The van der Waals surface area contributed by atoms with Crippen molar-refractivity contribution in [3.8, 4) is 17.6 Å². The predicted molar refractivity (Wildman–Crippen MR) is 92.3 cm³/mol. The van der Waals surface area contributed by atoms with Crippen molar-refractivity contribution in [3.05, 3.63) is 51.3 Å². The van der Waals surface area contributed by atoms with Gasteiger partial charge in [0.15, 0.2) is 0 Å². The normalized spacial score (nSPS) is 15.8. The lowest BCUT2D eigenvalue weighted by Gasteiger charge is -2.30. The minimum atomic E-state index is -0.924. The summed E-state index contributed by atoms with van der Waals surface area (Å²) in [5.41, 5.74) is -0.640. The molecule has 0 spiro atoms. The number of aliphatic hydroxyl groups is 1. The topological polar surface area (TPSA) is 70.7 Å². The van der Waals surface area contributed by atoms with Crippen LogP contribution in [0.1, 0.15) is 24.8 Å². The Balaban J connectivity index is 1.96. The Kier molecular flexibility index (Phi) is 3.31. The molecule has 120 valence electrons. The number of rotatable bonds is 0. The summed E-state index contributed by atoms with van der Waals surface area (Å²) < 4.78 is 5.27. The van der Waals surface area contributed by atoms with Crippen molar-refractivity contribution >= 4 is 33.3 Å². The second kappa shape index (κ2) is 5.27. The van der Waals surface area contributed by atoms with Gasteiger partial charge in [0.2, 0.25) is 0 Å². The van der Waals surface area contributed by atoms with Gasteiger partial charge in [-0.25, -0.2) is 4.79 Å². The van der Waals surface area contributed by atoms with E-state index in [0.717, 1.165) is 6.42 Å². The number of fused-ring (bicyclic) bond motifs is 3. The summed E-state index contributed by atoms with van der Waals surface area (Å²) in [6, 6.07) is 7.84. The van der Waals surface area contributed by atoms with E-state index in [-0.39, 0.29) is 11.3 Å². The smallest absolute Gasteiger partial charge is 0.344 e. The molecule has 0 unspecified atom stereocenters. The number of hydrogen-bond donors (Lipinski definition) is 2. The molecule has 4 rings (SSSR count). The van der Waals surface area contributed by atoms with Crippen molar-refractivity contribution in [3.63, 3.8) is 0 Å². The Labute approximate surface area is 142 Å². The molecule has 1 aromatic heterocycles. The largest absolute Gasteiger partial charge is 0.508 e. The highest BCUT2D eigenvalue weighted by Crippen LogP contribution is 2.33. The molecule has 0 atom stereocenters. The van der Waals surface area contributed by atoms with Crippen LogP contribution in [0.15, 0.2) is 39.5 Å². The van der Waals surface area contributed by atoms with Gasteiger partial charge in [0.25, 0.3) is 0 Å². The SMILES string of the molecule is O=c1oc2cc(O)ccc2c2c(Cl)cc(C#CC3(O)CCC3)cc12. The van der Waals surface area contributed by atoms with E-state index in [4.69, 9.17) is 16.0 Å². The van der Waals surface area contributed by atoms with Crippen molar-refractivity contribution < 1.29 is 14.6 Å². The van der Waals surface area contributed by atoms with Crippen LogP contribution in [-0.4, -0.2) is 15.8 Å². The van der Waals surface area contributed by atoms with Gasteiger partial charge in [-0.05, 0) is 43.5 Å². The minimum Gasteiger partial charge on any atom is -0.508 e. The number of halogens is 1. The molecule has 5 heteroatoms. The first-order valence-electron chi connectivity index (χ1n) is 7.60. The van der Waals surface area contributed by atoms with Crippen LogP contribution in [0, 0.1) is 11.8 Å². The molecule has 2 N–H and O–H groups in total. The highest BCUT2D eigenvalue weighted by Gasteiger charge is 2.32. The number of hydrogen-bond acceptors (Lipinski definition) is 4. The van der Waals surface area contributed by atoms with Crippen LogP contribution in [0.2, 0.25) is 5.02 Å². The maximum atomic E-state index is 12.3. The summed E-state index contributed by atoms with van der Waals surface area (Å²) in [6.07, 6.45) is 2.29. The van der Waals surface area contributed by atoms with E-state index in [2.05, 4.69) is 11.8 Å². The first-order chi connectivity index (χ1) is 11.5. The van der Waals surface area contributed by atoms with E-state index in [1.165, 1.54) is 12.1 Å². The Morgan fingerprint density at radius 2 is 1.96 bits per heavy atom. The van der Waals surface area contributed by atoms with Gasteiger partial charge < -0.3 is 14.6 Å². The lowest BCUT2D eigenvalue weighted by molar-refractivity contribution is 0.0240. The zero-order valence-electron chi connectivity index (χ0n) is 12.6. The molecule has 1 aliphatic rings. The third-order valence-corrected chi connectivity index (χ3v) is 4.67. The molecular weight excluding hydrogens is 328 g/mol. The first-order valence-corrected chi connectivity index (χ1v) is 7.98. The van der Waals surface area contributed by atoms with E-state index in [9.17, 15) is 15.0 Å². The van der Waals surface area contributed by atoms with Crippen LogP contribution in [0.4, 0.5) is 0 Å². The zero-order valence-corrected chi connectivity index (χ0v) is 13.4. The van der Waals surface area contributed by atoms with Gasteiger partial charge in [0.1, 0.15) is 16.9 Å². The van der Waals surface area contributed by atoms with Crippen molar-refractivity contribution in [2.24, 2.45) is 0 Å². The van der Waals surface area contributed by atoms with E-state index < -0.39 is 11.2 Å². The maximum absolute atomic E-state index is 12.3. The van der Waals surface area contributed by atoms with Crippen LogP contribution in [-0.2, 0) is 0 Å². The Bertz CT molecular complexity index is 1100. The summed E-state index contributed by atoms with van der Waals surface area (Å²) in [6.45, 7) is 0. The van der Waals surface area contributed by atoms with E-state index in [0.29, 0.717) is 39.6 Å². The summed E-state index contributed by atoms with van der Waals surface area (Å²) in [5, 5.41) is 21.5. The van der Waals surface area contributed by atoms with Crippen LogP contribution >= 0.6 is 11.6 Å². The number of phenolic OH excluding ortho intramolecular Hbond substituents is 1. The fraction of sp³-hybridized carbons (Fsp3) is 0.211. The summed E-state index contributed by atoms with van der Waals surface area (Å²) in [4.78, 5) is 12.3.